The molecule has 1 aliphatic heterocycles. The highest BCUT2D eigenvalue weighted by atomic mass is 16.3. The second-order valence-corrected chi connectivity index (χ2v) is 2.42. The summed E-state index contributed by atoms with van der Waals surface area (Å²) in [4.78, 5) is 17.4. The summed E-state index contributed by atoms with van der Waals surface area (Å²) in [6.07, 6.45) is 0. The Morgan fingerprint density at radius 2 is 2.25 bits per heavy atom. The van der Waals surface area contributed by atoms with Gasteiger partial charge in [-0.15, -0.1) is 0 Å². The number of carbonyl (C=O) groups is 1. The van der Waals surface area contributed by atoms with Crippen LogP contribution in [0.15, 0.2) is 4.99 Å². The monoisotopic (exact) mass is 173 g/mol. The number of amides is 1. The Balaban J connectivity index is 2.82. The van der Waals surface area contributed by atoms with Crippen molar-refractivity contribution in [2.24, 2.45) is 4.99 Å². The lowest BCUT2D eigenvalue weighted by Crippen LogP contribution is -2.34. The van der Waals surface area contributed by atoms with Crippen molar-refractivity contribution in [3.05, 3.63) is 0 Å². The van der Waals surface area contributed by atoms with Crippen molar-refractivity contribution in [1.82, 2.24) is 9.80 Å². The Kier molecular flexibility index (Phi) is 2.61. The lowest BCUT2D eigenvalue weighted by atomic mass is 10.6. The number of guanidine groups is 1. The van der Waals surface area contributed by atoms with E-state index in [9.17, 15) is 4.79 Å². The van der Waals surface area contributed by atoms with Crippen LogP contribution in [0.4, 0.5) is 0 Å². The lowest BCUT2D eigenvalue weighted by molar-refractivity contribution is -0.127. The Bertz CT molecular complexity index is 216. The van der Waals surface area contributed by atoms with E-state index in [1.165, 1.54) is 0 Å². The van der Waals surface area contributed by atoms with Gasteiger partial charge in [-0.05, 0) is 0 Å². The number of likely N-dealkylation sites (N-methyl/N-ethyl adjacent to an activating group) is 1. The number of aliphatic imine (C=N–C) groups is 1. The van der Waals surface area contributed by atoms with Gasteiger partial charge in [0.25, 0.3) is 5.91 Å². The molecule has 1 heterocycles. The third-order valence-corrected chi connectivity index (χ3v) is 1.61. The molecule has 12 heavy (non-hydrogen) atoms. The molecule has 0 aromatic rings. The molecule has 0 spiro atoms. The molecule has 0 aliphatic carbocycles. The van der Waals surface area contributed by atoms with E-state index in [0.29, 0.717) is 5.96 Å². The Morgan fingerprint density at radius 1 is 1.58 bits per heavy atom. The molecule has 6 nitrogen and oxygen atoms in total. The largest absolute Gasteiger partial charge is 0.376 e. The number of rotatable bonds is 2. The molecule has 0 bridgehead atoms. The summed E-state index contributed by atoms with van der Waals surface area (Å²) < 4.78 is 0. The quantitative estimate of drug-likeness (QED) is 0.507. The average Bonchev–Trinajstić information content (AvgIpc) is 2.28. The van der Waals surface area contributed by atoms with E-state index in [1.54, 1.807) is 11.9 Å². The zero-order valence-electron chi connectivity index (χ0n) is 6.77. The van der Waals surface area contributed by atoms with E-state index in [-0.39, 0.29) is 19.2 Å². The standard InChI is InChI=1S/C6H11N3O3/c1-8-2-5(12)9(4-11)6(8)7-3-10/h10-11H,2-4H2,1H3. The van der Waals surface area contributed by atoms with E-state index < -0.39 is 6.73 Å². The van der Waals surface area contributed by atoms with Crippen molar-refractivity contribution >= 4 is 11.9 Å². The highest BCUT2D eigenvalue weighted by Crippen LogP contribution is 2.06. The van der Waals surface area contributed by atoms with Crippen LogP contribution in [0.1, 0.15) is 0 Å². The first-order chi connectivity index (χ1) is 5.70. The van der Waals surface area contributed by atoms with Gasteiger partial charge in [0.1, 0.15) is 20.0 Å². The highest BCUT2D eigenvalue weighted by Gasteiger charge is 2.30. The second kappa shape index (κ2) is 3.51. The predicted octanol–water partition coefficient (Wildman–Crippen LogP) is -1.98. The first kappa shape index (κ1) is 8.95. The summed E-state index contributed by atoms with van der Waals surface area (Å²) in [5, 5.41) is 17.3. The number of hydrogen-bond donors (Lipinski definition) is 2. The number of aliphatic hydroxyl groups excluding tert-OH is 2. The van der Waals surface area contributed by atoms with E-state index in [2.05, 4.69) is 4.99 Å². The van der Waals surface area contributed by atoms with Gasteiger partial charge in [0.05, 0.1) is 0 Å². The lowest BCUT2D eigenvalue weighted by Gasteiger charge is -2.15. The zero-order valence-corrected chi connectivity index (χ0v) is 6.77. The molecule has 0 atom stereocenters. The van der Waals surface area contributed by atoms with Gasteiger partial charge in [0.2, 0.25) is 5.96 Å². The first-order valence-electron chi connectivity index (χ1n) is 3.48. The van der Waals surface area contributed by atoms with E-state index >= 15 is 0 Å². The van der Waals surface area contributed by atoms with Crippen LogP contribution in [0, 0.1) is 0 Å². The van der Waals surface area contributed by atoms with Crippen molar-refractivity contribution < 1.29 is 15.0 Å². The van der Waals surface area contributed by atoms with E-state index in [4.69, 9.17) is 10.2 Å². The normalized spacial score (nSPS) is 21.2. The van der Waals surface area contributed by atoms with Crippen LogP contribution in [-0.4, -0.2) is 58.9 Å². The fourth-order valence-corrected chi connectivity index (χ4v) is 1.09. The molecule has 1 aliphatic rings. The molecule has 2 N–H and O–H groups in total. The summed E-state index contributed by atoms with van der Waals surface area (Å²) in [5.41, 5.74) is 0. The zero-order chi connectivity index (χ0) is 9.14. The second-order valence-electron chi connectivity index (χ2n) is 2.42. The molecular formula is C6H11N3O3. The van der Waals surface area contributed by atoms with Crippen LogP contribution in [0.5, 0.6) is 0 Å². The van der Waals surface area contributed by atoms with Crippen molar-refractivity contribution in [3.63, 3.8) is 0 Å². The molecule has 6 heteroatoms. The highest BCUT2D eigenvalue weighted by molar-refractivity contribution is 6.04. The molecule has 1 fully saturated rings. The molecule has 0 aromatic carbocycles. The van der Waals surface area contributed by atoms with Crippen LogP contribution in [0.3, 0.4) is 0 Å². The maximum atomic E-state index is 11.1. The van der Waals surface area contributed by atoms with Crippen molar-refractivity contribution in [2.75, 3.05) is 27.1 Å². The molecule has 0 saturated carbocycles. The molecule has 68 valence electrons. The number of hydrogen-bond acceptors (Lipinski definition) is 4. The van der Waals surface area contributed by atoms with Crippen LogP contribution in [-0.2, 0) is 4.79 Å². The number of aliphatic hydroxyl groups is 2. The summed E-state index contributed by atoms with van der Waals surface area (Å²) in [6.45, 7) is -0.592. The van der Waals surface area contributed by atoms with E-state index in [1.807, 2.05) is 0 Å². The van der Waals surface area contributed by atoms with Crippen LogP contribution in [0.25, 0.3) is 0 Å². The van der Waals surface area contributed by atoms with Gasteiger partial charge in [0, 0.05) is 7.05 Å². The van der Waals surface area contributed by atoms with Gasteiger partial charge in [-0.25, -0.2) is 4.99 Å². The SMILES string of the molecule is CN1CC(=O)N(CO)C1=NCO. The van der Waals surface area contributed by atoms with Gasteiger partial charge in [-0.2, -0.15) is 0 Å². The fourth-order valence-electron chi connectivity index (χ4n) is 1.09. The summed E-state index contributed by atoms with van der Waals surface area (Å²) >= 11 is 0. The summed E-state index contributed by atoms with van der Waals surface area (Å²) in [6, 6.07) is 0. The minimum absolute atomic E-state index is 0.194. The minimum atomic E-state index is -0.401. The van der Waals surface area contributed by atoms with E-state index in [0.717, 1.165) is 4.90 Å². The third kappa shape index (κ3) is 1.39. The van der Waals surface area contributed by atoms with Gasteiger partial charge < -0.3 is 15.1 Å². The molecule has 1 rings (SSSR count). The Morgan fingerprint density at radius 3 is 2.75 bits per heavy atom. The molecule has 1 saturated heterocycles. The molecular weight excluding hydrogens is 162 g/mol. The van der Waals surface area contributed by atoms with Gasteiger partial charge in [-0.3, -0.25) is 9.69 Å². The van der Waals surface area contributed by atoms with Gasteiger partial charge in [-0.1, -0.05) is 0 Å². The van der Waals surface area contributed by atoms with Crippen LogP contribution in [0.2, 0.25) is 0 Å². The number of carbonyl (C=O) groups excluding carboxylic acids is 1. The fraction of sp³-hybridized carbons (Fsp3) is 0.667. The number of nitrogens with zero attached hydrogens (tertiary/aromatic N) is 3. The molecule has 0 unspecified atom stereocenters. The Labute approximate surface area is 69.7 Å². The van der Waals surface area contributed by atoms with Crippen molar-refractivity contribution in [3.8, 4) is 0 Å². The molecule has 0 radical (unpaired) electrons. The topological polar surface area (TPSA) is 76.4 Å². The maximum Gasteiger partial charge on any atom is 0.250 e. The average molecular weight is 173 g/mol. The maximum absolute atomic E-state index is 11.1. The Hall–Kier alpha value is -1.14. The third-order valence-electron chi connectivity index (χ3n) is 1.61. The van der Waals surface area contributed by atoms with Crippen molar-refractivity contribution in [2.45, 2.75) is 0 Å². The molecule has 0 aromatic heterocycles. The van der Waals surface area contributed by atoms with Gasteiger partial charge in [0.15, 0.2) is 0 Å². The summed E-state index contributed by atoms with van der Waals surface area (Å²) in [5.74, 6) is 0.0946. The molecule has 1 amide bonds. The smallest absolute Gasteiger partial charge is 0.250 e. The summed E-state index contributed by atoms with van der Waals surface area (Å²) in [7, 11) is 1.67. The first-order valence-corrected chi connectivity index (χ1v) is 3.48. The van der Waals surface area contributed by atoms with Gasteiger partial charge >= 0.3 is 0 Å². The predicted molar refractivity (Wildman–Crippen MR) is 41.1 cm³/mol. The minimum Gasteiger partial charge on any atom is -0.376 e. The van der Waals surface area contributed by atoms with Crippen LogP contribution >= 0.6 is 0 Å². The van der Waals surface area contributed by atoms with Crippen molar-refractivity contribution in [1.29, 1.82) is 0 Å². The van der Waals surface area contributed by atoms with Crippen LogP contribution < -0.4 is 0 Å².